The largest absolute Gasteiger partial charge is 0.417 e. The van der Waals surface area contributed by atoms with Crippen LogP contribution in [0.3, 0.4) is 0 Å². The number of alkyl halides is 3. The summed E-state index contributed by atoms with van der Waals surface area (Å²) in [6, 6.07) is 1.97. The number of hydrogen-bond donors (Lipinski definition) is 1. The summed E-state index contributed by atoms with van der Waals surface area (Å²) in [4.78, 5) is 5.56. The molecule has 0 bridgehead atoms. The van der Waals surface area contributed by atoms with E-state index in [4.69, 9.17) is 0 Å². The van der Waals surface area contributed by atoms with E-state index in [0.29, 0.717) is 25.3 Å². The van der Waals surface area contributed by atoms with E-state index in [1.807, 2.05) is 0 Å². The summed E-state index contributed by atoms with van der Waals surface area (Å²) in [5.41, 5.74) is -0.805. The van der Waals surface area contributed by atoms with Gasteiger partial charge < -0.3 is 4.90 Å². The van der Waals surface area contributed by atoms with Crippen molar-refractivity contribution in [3.05, 3.63) is 23.9 Å². The molecule has 10 heteroatoms. The Balaban J connectivity index is 2.02. The van der Waals surface area contributed by atoms with E-state index in [2.05, 4.69) is 9.71 Å². The number of anilines is 1. The number of aromatic nitrogens is 1. The van der Waals surface area contributed by atoms with Crippen molar-refractivity contribution in [2.45, 2.75) is 18.6 Å². The van der Waals surface area contributed by atoms with Gasteiger partial charge in [0.1, 0.15) is 5.82 Å². The second-order valence-corrected chi connectivity index (χ2v) is 7.16. The van der Waals surface area contributed by atoms with Gasteiger partial charge in [0.15, 0.2) is 0 Å². The van der Waals surface area contributed by atoms with E-state index in [0.717, 1.165) is 16.6 Å². The second-order valence-electron chi connectivity index (χ2n) is 5.24. The van der Waals surface area contributed by atoms with Crippen LogP contribution < -0.4 is 9.62 Å². The molecule has 22 heavy (non-hydrogen) atoms. The Morgan fingerprint density at radius 3 is 2.55 bits per heavy atom. The zero-order valence-electron chi connectivity index (χ0n) is 12.1. The van der Waals surface area contributed by atoms with Crippen LogP contribution >= 0.6 is 0 Å². The third-order valence-corrected chi connectivity index (χ3v) is 4.98. The van der Waals surface area contributed by atoms with Gasteiger partial charge in [-0.3, -0.25) is 0 Å². The summed E-state index contributed by atoms with van der Waals surface area (Å²) < 4.78 is 64.6. The minimum Gasteiger partial charge on any atom is -0.355 e. The van der Waals surface area contributed by atoms with Gasteiger partial charge in [-0.05, 0) is 18.6 Å². The topological polar surface area (TPSA) is 65.5 Å². The van der Waals surface area contributed by atoms with Crippen LogP contribution in [-0.2, 0) is 16.4 Å². The maximum atomic E-state index is 12.5. The highest BCUT2D eigenvalue weighted by atomic mass is 32.2. The second kappa shape index (κ2) is 6.01. The first kappa shape index (κ1) is 17.0. The number of nitrogens with one attached hydrogen (secondary N) is 1. The average Bonchev–Trinajstić information content (AvgIpc) is 2.85. The summed E-state index contributed by atoms with van der Waals surface area (Å²) in [6.45, 7) is 0.893. The van der Waals surface area contributed by atoms with Gasteiger partial charge in [-0.25, -0.2) is 4.98 Å². The van der Waals surface area contributed by atoms with Crippen LogP contribution in [0.5, 0.6) is 0 Å². The zero-order chi connectivity index (χ0) is 16.5. The highest BCUT2D eigenvalue weighted by Crippen LogP contribution is 2.29. The van der Waals surface area contributed by atoms with Crippen molar-refractivity contribution >= 4 is 16.0 Å². The van der Waals surface area contributed by atoms with Crippen LogP contribution in [0.2, 0.25) is 0 Å². The smallest absolute Gasteiger partial charge is 0.355 e. The molecule has 0 radical (unpaired) electrons. The highest BCUT2D eigenvalue weighted by molar-refractivity contribution is 7.87. The molecule has 1 saturated heterocycles. The maximum absolute atomic E-state index is 12.5. The van der Waals surface area contributed by atoms with Gasteiger partial charge in [0.05, 0.1) is 5.56 Å². The lowest BCUT2D eigenvalue weighted by atomic mass is 10.3. The molecular formula is C12H17F3N4O2S. The monoisotopic (exact) mass is 338 g/mol. The summed E-state index contributed by atoms with van der Waals surface area (Å²) in [7, 11) is -0.680. The zero-order valence-corrected chi connectivity index (χ0v) is 12.9. The molecule has 1 N–H and O–H groups in total. The number of pyridine rings is 1. The van der Waals surface area contributed by atoms with Gasteiger partial charge in [0, 0.05) is 39.4 Å². The molecule has 0 spiro atoms. The minimum atomic E-state index is -4.42. The predicted molar refractivity (Wildman–Crippen MR) is 75.6 cm³/mol. The van der Waals surface area contributed by atoms with Crippen molar-refractivity contribution in [2.75, 3.05) is 32.1 Å². The molecule has 0 saturated carbocycles. The molecule has 1 aromatic heterocycles. The quantitative estimate of drug-likeness (QED) is 0.892. The molecule has 1 fully saturated rings. The third kappa shape index (κ3) is 3.87. The van der Waals surface area contributed by atoms with Crippen LogP contribution in [0.4, 0.5) is 19.0 Å². The molecule has 1 aliphatic rings. The lowest BCUT2D eigenvalue weighted by Crippen LogP contribution is -2.43. The van der Waals surface area contributed by atoms with Gasteiger partial charge in [-0.15, -0.1) is 0 Å². The van der Waals surface area contributed by atoms with E-state index >= 15 is 0 Å². The molecule has 1 aromatic rings. The molecule has 0 amide bonds. The number of halogens is 3. The van der Waals surface area contributed by atoms with Gasteiger partial charge in [-0.1, -0.05) is 0 Å². The van der Waals surface area contributed by atoms with Gasteiger partial charge >= 0.3 is 6.18 Å². The molecule has 6 nitrogen and oxygen atoms in total. The summed E-state index contributed by atoms with van der Waals surface area (Å²) in [5, 5.41) is 0. The van der Waals surface area contributed by atoms with Crippen LogP contribution in [0.1, 0.15) is 12.0 Å². The third-order valence-electron chi connectivity index (χ3n) is 3.38. The van der Waals surface area contributed by atoms with E-state index in [1.165, 1.54) is 20.2 Å². The van der Waals surface area contributed by atoms with Crippen molar-refractivity contribution in [1.29, 1.82) is 0 Å². The molecule has 124 valence electrons. The Kier molecular flexibility index (Phi) is 4.64. The van der Waals surface area contributed by atoms with Gasteiger partial charge in [0.25, 0.3) is 10.2 Å². The summed E-state index contributed by atoms with van der Waals surface area (Å²) in [5.74, 6) is 0.402. The van der Waals surface area contributed by atoms with E-state index in [1.54, 1.807) is 4.90 Å². The normalized spacial score (nSPS) is 19.9. The molecule has 0 aromatic carbocycles. The lowest BCUT2D eigenvalue weighted by molar-refractivity contribution is -0.137. The number of rotatable bonds is 4. The fourth-order valence-electron chi connectivity index (χ4n) is 2.12. The number of hydrogen-bond acceptors (Lipinski definition) is 4. The van der Waals surface area contributed by atoms with E-state index in [-0.39, 0.29) is 6.04 Å². The Morgan fingerprint density at radius 1 is 1.36 bits per heavy atom. The Morgan fingerprint density at radius 2 is 2.05 bits per heavy atom. The van der Waals surface area contributed by atoms with Crippen LogP contribution in [0, 0.1) is 0 Å². The minimum absolute atomic E-state index is 0.295. The Hall–Kier alpha value is -1.39. The highest BCUT2D eigenvalue weighted by Gasteiger charge is 2.32. The van der Waals surface area contributed by atoms with Gasteiger partial charge in [0.2, 0.25) is 0 Å². The number of nitrogens with zero attached hydrogens (tertiary/aromatic N) is 3. The van der Waals surface area contributed by atoms with Crippen molar-refractivity contribution < 1.29 is 21.6 Å². The molecule has 0 unspecified atom stereocenters. The molecular weight excluding hydrogens is 321 g/mol. The molecule has 2 rings (SSSR count). The molecule has 1 atom stereocenters. The predicted octanol–water partition coefficient (Wildman–Crippen LogP) is 1.08. The summed E-state index contributed by atoms with van der Waals surface area (Å²) in [6.07, 6.45) is -3.07. The van der Waals surface area contributed by atoms with Crippen molar-refractivity contribution in [3.63, 3.8) is 0 Å². The SMILES string of the molecule is CN(C)S(=O)(=O)N[C@H]1CCN(c2ccc(C(F)(F)F)cn2)C1. The first-order valence-electron chi connectivity index (χ1n) is 6.57. The van der Waals surface area contributed by atoms with Crippen LogP contribution in [0.15, 0.2) is 18.3 Å². The maximum Gasteiger partial charge on any atom is 0.417 e. The standard InChI is InChI=1S/C12H17F3N4O2S/c1-18(2)22(20,21)17-10-5-6-19(8-10)11-4-3-9(7-16-11)12(13,14)15/h3-4,7,10,17H,5-6,8H2,1-2H3/t10-/m0/s1. The van der Waals surface area contributed by atoms with Crippen LogP contribution in [-0.4, -0.2) is 50.9 Å². The van der Waals surface area contributed by atoms with Crippen molar-refractivity contribution in [2.24, 2.45) is 0 Å². The fraction of sp³-hybridized carbons (Fsp3) is 0.583. The fourth-order valence-corrected chi connectivity index (χ4v) is 2.95. The first-order valence-corrected chi connectivity index (χ1v) is 8.01. The van der Waals surface area contributed by atoms with Crippen LogP contribution in [0.25, 0.3) is 0 Å². The lowest BCUT2D eigenvalue weighted by Gasteiger charge is -2.19. The molecule has 1 aliphatic heterocycles. The summed E-state index contributed by atoms with van der Waals surface area (Å²) >= 11 is 0. The van der Waals surface area contributed by atoms with Crippen molar-refractivity contribution in [1.82, 2.24) is 14.0 Å². The average molecular weight is 338 g/mol. The molecule has 0 aliphatic carbocycles. The van der Waals surface area contributed by atoms with Crippen molar-refractivity contribution in [3.8, 4) is 0 Å². The van der Waals surface area contributed by atoms with E-state index in [9.17, 15) is 21.6 Å². The van der Waals surface area contributed by atoms with Gasteiger partial charge in [-0.2, -0.15) is 30.6 Å². The first-order chi connectivity index (χ1) is 10.1. The molecule has 2 heterocycles. The Labute approximate surface area is 127 Å². The Bertz CT molecular complexity index is 616. The van der Waals surface area contributed by atoms with E-state index < -0.39 is 21.9 Å².